The summed E-state index contributed by atoms with van der Waals surface area (Å²) in [4.78, 5) is 20.8. The summed E-state index contributed by atoms with van der Waals surface area (Å²) in [6, 6.07) is 19.8. The quantitative estimate of drug-likeness (QED) is 0.405. The predicted octanol–water partition coefficient (Wildman–Crippen LogP) is 4.59. The van der Waals surface area contributed by atoms with Crippen molar-refractivity contribution in [1.29, 1.82) is 5.26 Å². The smallest absolute Gasteiger partial charge is 0.252 e. The van der Waals surface area contributed by atoms with Crippen molar-refractivity contribution in [3.05, 3.63) is 118 Å². The molecule has 0 fully saturated rings. The van der Waals surface area contributed by atoms with Gasteiger partial charge in [-0.15, -0.1) is 0 Å². The van der Waals surface area contributed by atoms with Crippen LogP contribution in [0.25, 0.3) is 22.2 Å². The van der Waals surface area contributed by atoms with Gasteiger partial charge in [0.1, 0.15) is 5.65 Å². The van der Waals surface area contributed by atoms with Gasteiger partial charge >= 0.3 is 0 Å². The van der Waals surface area contributed by atoms with Crippen LogP contribution >= 0.6 is 11.6 Å². The molecular formula is C27H23ClN6O. The lowest BCUT2D eigenvalue weighted by atomic mass is 9.96. The molecule has 7 nitrogen and oxygen atoms in total. The molecule has 1 unspecified atom stereocenters. The van der Waals surface area contributed by atoms with E-state index in [2.05, 4.69) is 16.0 Å². The molecule has 35 heavy (non-hydrogen) atoms. The van der Waals surface area contributed by atoms with E-state index in [1.165, 1.54) is 4.57 Å². The average molecular weight is 483 g/mol. The molecule has 0 saturated carbocycles. The van der Waals surface area contributed by atoms with E-state index in [9.17, 15) is 10.1 Å². The minimum absolute atomic E-state index is 0.169. The van der Waals surface area contributed by atoms with Crippen molar-refractivity contribution in [1.82, 2.24) is 19.1 Å². The van der Waals surface area contributed by atoms with Gasteiger partial charge in [0.15, 0.2) is 0 Å². The molecule has 3 aromatic heterocycles. The minimum atomic E-state index is -0.389. The van der Waals surface area contributed by atoms with Crippen LogP contribution in [-0.2, 0) is 14.1 Å². The van der Waals surface area contributed by atoms with E-state index in [0.29, 0.717) is 16.2 Å². The van der Waals surface area contributed by atoms with Crippen LogP contribution in [0.1, 0.15) is 22.7 Å². The van der Waals surface area contributed by atoms with E-state index in [1.54, 1.807) is 62.2 Å². The summed E-state index contributed by atoms with van der Waals surface area (Å²) in [7, 11) is 3.62. The van der Waals surface area contributed by atoms with E-state index < -0.39 is 0 Å². The molecular weight excluding hydrogens is 460 g/mol. The summed E-state index contributed by atoms with van der Waals surface area (Å²) >= 11 is 5.98. The molecule has 2 aromatic carbocycles. The first-order chi connectivity index (χ1) is 16.9. The lowest BCUT2D eigenvalue weighted by molar-refractivity contribution is 0.854. The Morgan fingerprint density at radius 3 is 2.46 bits per heavy atom. The lowest BCUT2D eigenvalue weighted by Gasteiger charge is -2.16. The monoisotopic (exact) mass is 482 g/mol. The van der Waals surface area contributed by atoms with Gasteiger partial charge in [0.2, 0.25) is 0 Å². The molecule has 0 saturated heterocycles. The highest BCUT2D eigenvalue weighted by Crippen LogP contribution is 2.30. The Kier molecular flexibility index (Phi) is 7.06. The first-order valence-corrected chi connectivity index (χ1v) is 11.2. The van der Waals surface area contributed by atoms with Crippen LogP contribution in [0.3, 0.4) is 0 Å². The number of nitrogens with two attached hydrogens (primary N) is 1. The number of aromatic nitrogens is 4. The van der Waals surface area contributed by atoms with Crippen LogP contribution in [-0.4, -0.2) is 19.1 Å². The highest BCUT2D eigenvalue weighted by Gasteiger charge is 2.15. The van der Waals surface area contributed by atoms with Crippen molar-refractivity contribution in [2.24, 2.45) is 19.8 Å². The van der Waals surface area contributed by atoms with Crippen LogP contribution in [0.2, 0.25) is 5.02 Å². The van der Waals surface area contributed by atoms with Gasteiger partial charge in [-0.25, -0.2) is 9.97 Å². The number of nitrogens with zero attached hydrogens (tertiary/aromatic N) is 5. The number of benzene rings is 2. The van der Waals surface area contributed by atoms with E-state index in [0.717, 1.165) is 27.6 Å². The molecule has 0 spiro atoms. The Labute approximate surface area is 207 Å². The molecule has 0 aliphatic rings. The van der Waals surface area contributed by atoms with Crippen molar-refractivity contribution >= 4 is 22.6 Å². The summed E-state index contributed by atoms with van der Waals surface area (Å²) in [5, 5.41) is 10.7. The topological polar surface area (TPSA) is 103 Å². The Balaban J connectivity index is 0.000000421. The summed E-state index contributed by atoms with van der Waals surface area (Å²) in [5.74, 6) is 0. The standard InChI is InChI=1S/C23H17ClN4O.C4H6N2/c1-28-21(29)11-19(16-4-2-3-14(9-16)12-25)20-10-17(13-27-23(20)28)22(26)15-5-7-18(24)8-6-15;1-6-3-2-5-4-6/h2-11,13,22H,26H2,1H3;2-4H,1H3. The molecule has 8 heteroatoms. The highest BCUT2D eigenvalue weighted by molar-refractivity contribution is 6.30. The number of halogens is 1. The molecule has 0 aliphatic heterocycles. The van der Waals surface area contributed by atoms with Crippen LogP contribution in [0.4, 0.5) is 0 Å². The fraction of sp³-hybridized carbons (Fsp3) is 0.111. The Hall–Kier alpha value is -4.25. The summed E-state index contributed by atoms with van der Waals surface area (Å²) in [6.07, 6.45) is 7.08. The van der Waals surface area contributed by atoms with E-state index in [1.807, 2.05) is 42.1 Å². The zero-order chi connectivity index (χ0) is 24.9. The second-order valence-electron chi connectivity index (χ2n) is 8.05. The molecule has 5 aromatic rings. The molecule has 0 radical (unpaired) electrons. The van der Waals surface area contributed by atoms with Crippen molar-refractivity contribution in [2.75, 3.05) is 0 Å². The van der Waals surface area contributed by atoms with Gasteiger partial charge < -0.3 is 10.3 Å². The molecule has 5 rings (SSSR count). The Bertz CT molecular complexity index is 1570. The molecule has 174 valence electrons. The lowest BCUT2D eigenvalue weighted by Crippen LogP contribution is -2.18. The van der Waals surface area contributed by atoms with Crippen LogP contribution in [0.5, 0.6) is 0 Å². The molecule has 0 bridgehead atoms. The molecule has 2 N–H and O–H groups in total. The number of pyridine rings is 2. The maximum atomic E-state index is 12.5. The maximum Gasteiger partial charge on any atom is 0.252 e. The van der Waals surface area contributed by atoms with Gasteiger partial charge in [0.25, 0.3) is 5.56 Å². The molecule has 1 atom stereocenters. The normalized spacial score (nSPS) is 11.4. The largest absolute Gasteiger partial charge is 0.341 e. The number of aryl methyl sites for hydroxylation is 2. The van der Waals surface area contributed by atoms with Crippen LogP contribution < -0.4 is 11.3 Å². The van der Waals surface area contributed by atoms with Crippen molar-refractivity contribution in [3.63, 3.8) is 0 Å². The molecule has 0 aliphatic carbocycles. The molecule has 0 amide bonds. The Morgan fingerprint density at radius 1 is 1.06 bits per heavy atom. The second kappa shape index (κ2) is 10.3. The first kappa shape index (κ1) is 23.9. The predicted molar refractivity (Wildman–Crippen MR) is 138 cm³/mol. The van der Waals surface area contributed by atoms with E-state index in [4.69, 9.17) is 17.3 Å². The van der Waals surface area contributed by atoms with Crippen molar-refractivity contribution in [2.45, 2.75) is 6.04 Å². The fourth-order valence-corrected chi connectivity index (χ4v) is 3.82. The number of imidazole rings is 1. The zero-order valence-corrected chi connectivity index (χ0v) is 20.0. The molecule has 3 heterocycles. The number of hydrogen-bond donors (Lipinski definition) is 1. The third kappa shape index (κ3) is 5.30. The second-order valence-corrected chi connectivity index (χ2v) is 8.48. The van der Waals surface area contributed by atoms with Crippen LogP contribution in [0, 0.1) is 11.3 Å². The Morgan fingerprint density at radius 2 is 1.83 bits per heavy atom. The van der Waals surface area contributed by atoms with E-state index in [-0.39, 0.29) is 11.6 Å². The maximum absolute atomic E-state index is 12.5. The SMILES string of the molecule is Cn1c(=O)cc(-c2cccc(C#N)c2)c2cc(C(N)c3ccc(Cl)cc3)cnc21.Cn1ccnc1. The number of hydrogen-bond acceptors (Lipinski definition) is 5. The average Bonchev–Trinajstić information content (AvgIpc) is 3.37. The summed E-state index contributed by atoms with van der Waals surface area (Å²) in [5.41, 5.74) is 10.6. The van der Waals surface area contributed by atoms with Gasteiger partial charge in [-0.1, -0.05) is 35.9 Å². The van der Waals surface area contributed by atoms with Crippen molar-refractivity contribution < 1.29 is 0 Å². The first-order valence-electron chi connectivity index (χ1n) is 10.8. The third-order valence-electron chi connectivity index (χ3n) is 5.62. The van der Waals surface area contributed by atoms with Gasteiger partial charge in [-0.3, -0.25) is 9.36 Å². The fourth-order valence-electron chi connectivity index (χ4n) is 3.70. The highest BCUT2D eigenvalue weighted by atomic mass is 35.5. The number of rotatable bonds is 3. The van der Waals surface area contributed by atoms with Gasteiger partial charge in [0, 0.05) is 49.2 Å². The van der Waals surface area contributed by atoms with E-state index >= 15 is 0 Å². The summed E-state index contributed by atoms with van der Waals surface area (Å²) < 4.78 is 3.39. The third-order valence-corrected chi connectivity index (χ3v) is 5.87. The van der Waals surface area contributed by atoms with Crippen LogP contribution in [0.15, 0.2) is 90.4 Å². The minimum Gasteiger partial charge on any atom is -0.341 e. The zero-order valence-electron chi connectivity index (χ0n) is 19.3. The van der Waals surface area contributed by atoms with Gasteiger partial charge in [-0.05, 0) is 52.6 Å². The van der Waals surface area contributed by atoms with Gasteiger partial charge in [0.05, 0.1) is 24.0 Å². The number of fused-ring (bicyclic) bond motifs is 1. The van der Waals surface area contributed by atoms with Gasteiger partial charge in [-0.2, -0.15) is 5.26 Å². The number of nitriles is 1. The summed E-state index contributed by atoms with van der Waals surface area (Å²) in [6.45, 7) is 0. The van der Waals surface area contributed by atoms with Crippen molar-refractivity contribution in [3.8, 4) is 17.2 Å².